The maximum Gasteiger partial charge on any atom is 0.326 e. The molecule has 0 spiro atoms. The molecule has 2 aromatic heterocycles. The van der Waals surface area contributed by atoms with E-state index in [1.54, 1.807) is 24.3 Å². The number of halogens is 4. The zero-order valence-corrected chi connectivity index (χ0v) is 18.6. The van der Waals surface area contributed by atoms with E-state index in [1.165, 1.54) is 24.7 Å². The Balaban J connectivity index is 1.71. The van der Waals surface area contributed by atoms with Gasteiger partial charge in [0.2, 0.25) is 0 Å². The molecule has 0 bridgehead atoms. The van der Waals surface area contributed by atoms with E-state index in [-0.39, 0.29) is 27.3 Å². The predicted octanol–water partition coefficient (Wildman–Crippen LogP) is 5.45. The third kappa shape index (κ3) is 5.98. The molecule has 3 N–H and O–H groups in total. The van der Waals surface area contributed by atoms with Gasteiger partial charge in [0.15, 0.2) is 5.15 Å². The lowest BCUT2D eigenvalue weighted by atomic mass is 10.0. The van der Waals surface area contributed by atoms with E-state index < -0.39 is 17.9 Å². The Labute approximate surface area is 197 Å². The molecule has 11 heteroatoms. The van der Waals surface area contributed by atoms with Gasteiger partial charge in [-0.15, -0.1) is 0 Å². The summed E-state index contributed by atoms with van der Waals surface area (Å²) < 4.78 is 0. The van der Waals surface area contributed by atoms with E-state index in [2.05, 4.69) is 20.6 Å². The van der Waals surface area contributed by atoms with E-state index in [1.807, 2.05) is 0 Å². The maximum absolute atomic E-state index is 12.5. The minimum absolute atomic E-state index is 0.108. The molecule has 0 aliphatic heterocycles. The van der Waals surface area contributed by atoms with E-state index in [0.717, 1.165) is 0 Å². The Bertz CT molecular complexity index is 1110. The highest BCUT2D eigenvalue weighted by Gasteiger charge is 2.20. The Morgan fingerprint density at radius 1 is 1.00 bits per heavy atom. The normalized spacial score (nSPS) is 11.6. The Kier molecular flexibility index (Phi) is 7.56. The van der Waals surface area contributed by atoms with Crippen molar-refractivity contribution in [3.05, 3.63) is 80.3 Å². The van der Waals surface area contributed by atoms with E-state index >= 15 is 0 Å². The minimum atomic E-state index is -1.08. The van der Waals surface area contributed by atoms with Crippen LogP contribution in [-0.4, -0.2) is 33.0 Å². The van der Waals surface area contributed by atoms with Crippen LogP contribution in [0.15, 0.2) is 48.9 Å². The summed E-state index contributed by atoms with van der Waals surface area (Å²) in [5.41, 5.74) is 1.59. The summed E-state index contributed by atoms with van der Waals surface area (Å²) in [6, 6.07) is 6.95. The molecule has 31 heavy (non-hydrogen) atoms. The van der Waals surface area contributed by atoms with E-state index in [0.29, 0.717) is 21.8 Å². The topological polar surface area (TPSA) is 104 Å². The van der Waals surface area contributed by atoms with Crippen molar-refractivity contribution in [2.24, 2.45) is 0 Å². The summed E-state index contributed by atoms with van der Waals surface area (Å²) in [6.07, 6.45) is 4.22. The number of anilines is 2. The van der Waals surface area contributed by atoms with Gasteiger partial charge in [-0.3, -0.25) is 9.78 Å². The third-order valence-corrected chi connectivity index (χ3v) is 5.26. The quantitative estimate of drug-likeness (QED) is 0.373. The van der Waals surface area contributed by atoms with Crippen molar-refractivity contribution in [3.63, 3.8) is 0 Å². The average molecular weight is 500 g/mol. The van der Waals surface area contributed by atoms with Crippen molar-refractivity contribution in [2.45, 2.75) is 12.5 Å². The van der Waals surface area contributed by atoms with Crippen molar-refractivity contribution in [3.8, 4) is 0 Å². The van der Waals surface area contributed by atoms with Crippen molar-refractivity contribution >= 4 is 69.7 Å². The minimum Gasteiger partial charge on any atom is -0.480 e. The third-order valence-electron chi connectivity index (χ3n) is 4.18. The van der Waals surface area contributed by atoms with E-state index in [4.69, 9.17) is 46.4 Å². The molecule has 1 unspecified atom stereocenters. The molecule has 160 valence electrons. The highest BCUT2D eigenvalue weighted by atomic mass is 35.5. The van der Waals surface area contributed by atoms with Crippen LogP contribution in [-0.2, 0) is 11.2 Å². The summed E-state index contributed by atoms with van der Waals surface area (Å²) in [4.78, 5) is 31.9. The molecular weight excluding hydrogens is 486 g/mol. The van der Waals surface area contributed by atoms with Gasteiger partial charge in [-0.05, 0) is 23.8 Å². The van der Waals surface area contributed by atoms with Crippen LogP contribution >= 0.6 is 46.4 Å². The largest absolute Gasteiger partial charge is 0.480 e. The number of carboxylic acid groups (broad SMARTS) is 1. The summed E-state index contributed by atoms with van der Waals surface area (Å²) in [7, 11) is 0. The first-order valence-corrected chi connectivity index (χ1v) is 10.3. The van der Waals surface area contributed by atoms with Gasteiger partial charge in [0.25, 0.3) is 5.91 Å². The molecule has 1 aromatic carbocycles. The second kappa shape index (κ2) is 10.2. The number of hydrogen-bond donors (Lipinski definition) is 3. The number of aromatic nitrogens is 2. The van der Waals surface area contributed by atoms with Gasteiger partial charge in [0, 0.05) is 30.6 Å². The molecule has 0 radical (unpaired) electrons. The summed E-state index contributed by atoms with van der Waals surface area (Å²) >= 11 is 23.9. The van der Waals surface area contributed by atoms with Crippen LogP contribution in [0.3, 0.4) is 0 Å². The lowest BCUT2D eigenvalue weighted by Crippen LogP contribution is -2.31. The maximum atomic E-state index is 12.5. The Morgan fingerprint density at radius 3 is 2.26 bits per heavy atom. The number of pyridine rings is 2. The van der Waals surface area contributed by atoms with Gasteiger partial charge < -0.3 is 15.7 Å². The van der Waals surface area contributed by atoms with Gasteiger partial charge in [0.05, 0.1) is 26.4 Å². The highest BCUT2D eigenvalue weighted by molar-refractivity contribution is 6.39. The number of carboxylic acids is 1. The number of amides is 1. The monoisotopic (exact) mass is 498 g/mol. The Hall–Kier alpha value is -2.58. The number of rotatable bonds is 7. The van der Waals surface area contributed by atoms with Crippen molar-refractivity contribution in [1.82, 2.24) is 9.97 Å². The molecule has 0 aliphatic rings. The standard InChI is InChI=1S/C20H14Cl4N4O3/c21-12-6-15(18(24)26-7-12)27-16(20(30)31)5-10-1-3-11(4-2-10)19(29)28-17-13(22)8-25-9-14(17)23/h1-4,6-9,16,27H,5H2,(H,30,31)(H,25,28,29). The average Bonchev–Trinajstić information content (AvgIpc) is 2.73. The van der Waals surface area contributed by atoms with Crippen LogP contribution in [0, 0.1) is 0 Å². The molecule has 3 rings (SSSR count). The lowest BCUT2D eigenvalue weighted by Gasteiger charge is -2.17. The molecule has 0 fully saturated rings. The first-order chi connectivity index (χ1) is 14.7. The molecule has 0 saturated carbocycles. The predicted molar refractivity (Wildman–Crippen MR) is 122 cm³/mol. The van der Waals surface area contributed by atoms with Crippen LogP contribution in [0.2, 0.25) is 20.2 Å². The molecule has 7 nitrogen and oxygen atoms in total. The number of carbonyl (C=O) groups excluding carboxylic acids is 1. The number of aliphatic carboxylic acids is 1. The zero-order chi connectivity index (χ0) is 22.5. The molecule has 0 aliphatic carbocycles. The zero-order valence-electron chi connectivity index (χ0n) is 15.6. The van der Waals surface area contributed by atoms with Gasteiger partial charge in [-0.1, -0.05) is 58.5 Å². The number of hydrogen-bond acceptors (Lipinski definition) is 5. The van der Waals surface area contributed by atoms with Crippen molar-refractivity contribution in [2.75, 3.05) is 10.6 Å². The van der Waals surface area contributed by atoms with Crippen LogP contribution < -0.4 is 10.6 Å². The number of benzene rings is 1. The highest BCUT2D eigenvalue weighted by Crippen LogP contribution is 2.29. The lowest BCUT2D eigenvalue weighted by molar-refractivity contribution is -0.137. The summed E-state index contributed by atoms with van der Waals surface area (Å²) in [6.45, 7) is 0. The van der Waals surface area contributed by atoms with Gasteiger partial charge in [-0.2, -0.15) is 0 Å². The fourth-order valence-corrected chi connectivity index (χ4v) is 3.43. The summed E-state index contributed by atoms with van der Waals surface area (Å²) in [5.74, 6) is -1.51. The fraction of sp³-hybridized carbons (Fsp3) is 0.100. The van der Waals surface area contributed by atoms with Gasteiger partial charge in [0.1, 0.15) is 6.04 Å². The van der Waals surface area contributed by atoms with Crippen LogP contribution in [0.4, 0.5) is 11.4 Å². The van der Waals surface area contributed by atoms with Crippen molar-refractivity contribution in [1.29, 1.82) is 0 Å². The SMILES string of the molecule is O=C(Nc1c(Cl)cncc1Cl)c1ccc(CC(Nc2cc(Cl)cnc2Cl)C(=O)O)cc1. The number of nitrogens with one attached hydrogen (secondary N) is 2. The van der Waals surface area contributed by atoms with Crippen molar-refractivity contribution < 1.29 is 14.7 Å². The summed E-state index contributed by atoms with van der Waals surface area (Å²) in [5, 5.41) is 15.9. The molecule has 0 saturated heterocycles. The van der Waals surface area contributed by atoms with Crippen LogP contribution in [0.1, 0.15) is 15.9 Å². The molecule has 1 amide bonds. The second-order valence-corrected chi connectivity index (χ2v) is 7.97. The Morgan fingerprint density at radius 2 is 1.65 bits per heavy atom. The molecular formula is C20H14Cl4N4O3. The second-order valence-electron chi connectivity index (χ2n) is 6.36. The number of carbonyl (C=O) groups is 2. The van der Waals surface area contributed by atoms with Gasteiger partial charge >= 0.3 is 5.97 Å². The molecule has 2 heterocycles. The smallest absolute Gasteiger partial charge is 0.326 e. The van der Waals surface area contributed by atoms with Gasteiger partial charge in [-0.25, -0.2) is 9.78 Å². The molecule has 3 aromatic rings. The first-order valence-electron chi connectivity index (χ1n) is 8.74. The first kappa shape index (κ1) is 23.1. The van der Waals surface area contributed by atoms with Crippen LogP contribution in [0.25, 0.3) is 0 Å². The number of nitrogens with zero attached hydrogens (tertiary/aromatic N) is 2. The van der Waals surface area contributed by atoms with Crippen LogP contribution in [0.5, 0.6) is 0 Å². The fourth-order valence-electron chi connectivity index (χ4n) is 2.66. The van der Waals surface area contributed by atoms with E-state index in [9.17, 15) is 14.7 Å². The molecule has 1 atom stereocenters.